The molecule has 1 heterocycles. The van der Waals surface area contributed by atoms with Crippen molar-refractivity contribution in [3.05, 3.63) is 24.2 Å². The van der Waals surface area contributed by atoms with Crippen molar-refractivity contribution in [1.29, 1.82) is 0 Å². The van der Waals surface area contributed by atoms with Gasteiger partial charge in [-0.1, -0.05) is 13.8 Å². The molecule has 0 amide bonds. The number of guanidine groups is 1. The third-order valence-corrected chi connectivity index (χ3v) is 2.60. The van der Waals surface area contributed by atoms with Gasteiger partial charge in [0.15, 0.2) is 5.96 Å². The fourth-order valence-electron chi connectivity index (χ4n) is 1.16. The molecule has 0 bridgehead atoms. The number of nitrogens with zero attached hydrogens (tertiary/aromatic N) is 1. The summed E-state index contributed by atoms with van der Waals surface area (Å²) >= 11 is 0. The molecule has 4 nitrogen and oxygen atoms in total. The largest absolute Gasteiger partial charge is 0.467 e. The van der Waals surface area contributed by atoms with Crippen LogP contribution >= 0.6 is 0 Å². The molecule has 1 unspecified atom stereocenters. The van der Waals surface area contributed by atoms with Gasteiger partial charge in [-0.05, 0) is 25.0 Å². The smallest absolute Gasteiger partial charge is 0.191 e. The first kappa shape index (κ1) is 12.6. The van der Waals surface area contributed by atoms with E-state index in [1.807, 2.05) is 12.1 Å². The van der Waals surface area contributed by atoms with Crippen molar-refractivity contribution >= 4 is 5.96 Å². The third kappa shape index (κ3) is 3.96. The standard InChI is InChI=1S/C12H21N3O/c1-9(2)10(3)15-12(13-4)14-8-11-6-5-7-16-11/h5-7,9-10H,8H2,1-4H3,(H2,13,14,15). The molecule has 0 fully saturated rings. The molecule has 90 valence electrons. The summed E-state index contributed by atoms with van der Waals surface area (Å²) in [6.45, 7) is 7.15. The van der Waals surface area contributed by atoms with Gasteiger partial charge >= 0.3 is 0 Å². The molecule has 0 spiro atoms. The lowest BCUT2D eigenvalue weighted by Crippen LogP contribution is -2.43. The van der Waals surface area contributed by atoms with Gasteiger partial charge < -0.3 is 15.1 Å². The molecule has 0 saturated carbocycles. The number of rotatable bonds is 4. The van der Waals surface area contributed by atoms with Crippen LogP contribution in [0.1, 0.15) is 26.5 Å². The van der Waals surface area contributed by atoms with Gasteiger partial charge in [-0.25, -0.2) is 0 Å². The highest BCUT2D eigenvalue weighted by atomic mass is 16.3. The Hall–Kier alpha value is -1.45. The molecule has 1 atom stereocenters. The average Bonchev–Trinajstić information content (AvgIpc) is 2.76. The van der Waals surface area contributed by atoms with Gasteiger partial charge in [0.25, 0.3) is 0 Å². The summed E-state index contributed by atoms with van der Waals surface area (Å²) in [4.78, 5) is 4.16. The van der Waals surface area contributed by atoms with E-state index in [2.05, 4.69) is 36.4 Å². The molecule has 0 aliphatic carbocycles. The molecular formula is C12H21N3O. The lowest BCUT2D eigenvalue weighted by Gasteiger charge is -2.20. The lowest BCUT2D eigenvalue weighted by atomic mass is 10.1. The normalized spacial score (nSPS) is 13.9. The Morgan fingerprint density at radius 2 is 2.19 bits per heavy atom. The maximum Gasteiger partial charge on any atom is 0.191 e. The van der Waals surface area contributed by atoms with Crippen molar-refractivity contribution in [2.24, 2.45) is 10.9 Å². The Morgan fingerprint density at radius 1 is 1.44 bits per heavy atom. The fourth-order valence-corrected chi connectivity index (χ4v) is 1.16. The molecule has 0 aromatic carbocycles. The Kier molecular flexibility index (Phi) is 4.89. The maximum atomic E-state index is 5.24. The molecule has 0 aliphatic heterocycles. The van der Waals surface area contributed by atoms with Crippen LogP contribution in [0.5, 0.6) is 0 Å². The van der Waals surface area contributed by atoms with Crippen LogP contribution in [-0.4, -0.2) is 19.0 Å². The molecule has 1 rings (SSSR count). The second-order valence-corrected chi connectivity index (χ2v) is 4.18. The summed E-state index contributed by atoms with van der Waals surface area (Å²) < 4.78 is 5.24. The molecule has 0 radical (unpaired) electrons. The zero-order valence-corrected chi connectivity index (χ0v) is 10.4. The SMILES string of the molecule is CN=C(NCc1ccco1)NC(C)C(C)C. The summed E-state index contributed by atoms with van der Waals surface area (Å²) in [7, 11) is 1.77. The second kappa shape index (κ2) is 6.20. The van der Waals surface area contributed by atoms with E-state index >= 15 is 0 Å². The van der Waals surface area contributed by atoms with Crippen LogP contribution < -0.4 is 10.6 Å². The third-order valence-electron chi connectivity index (χ3n) is 2.60. The summed E-state index contributed by atoms with van der Waals surface area (Å²) in [5.74, 6) is 2.28. The van der Waals surface area contributed by atoms with Crippen molar-refractivity contribution in [1.82, 2.24) is 10.6 Å². The highest BCUT2D eigenvalue weighted by Gasteiger charge is 2.08. The van der Waals surface area contributed by atoms with Gasteiger partial charge in [-0.15, -0.1) is 0 Å². The van der Waals surface area contributed by atoms with Crippen LogP contribution in [0.4, 0.5) is 0 Å². The summed E-state index contributed by atoms with van der Waals surface area (Å²) in [6, 6.07) is 4.21. The van der Waals surface area contributed by atoms with Crippen LogP contribution in [0, 0.1) is 5.92 Å². The maximum absolute atomic E-state index is 5.24. The first-order chi connectivity index (χ1) is 7.63. The monoisotopic (exact) mass is 223 g/mol. The van der Waals surface area contributed by atoms with Gasteiger partial charge in [-0.2, -0.15) is 0 Å². The van der Waals surface area contributed by atoms with E-state index in [1.165, 1.54) is 0 Å². The molecule has 2 N–H and O–H groups in total. The number of hydrogen-bond donors (Lipinski definition) is 2. The predicted molar refractivity (Wildman–Crippen MR) is 66.3 cm³/mol. The van der Waals surface area contributed by atoms with E-state index < -0.39 is 0 Å². The van der Waals surface area contributed by atoms with Crippen molar-refractivity contribution in [3.8, 4) is 0 Å². The van der Waals surface area contributed by atoms with E-state index in [0.29, 0.717) is 18.5 Å². The van der Waals surface area contributed by atoms with E-state index in [9.17, 15) is 0 Å². The predicted octanol–water partition coefficient (Wildman–Crippen LogP) is 1.99. The molecule has 0 aliphatic rings. The van der Waals surface area contributed by atoms with Crippen LogP contribution in [0.2, 0.25) is 0 Å². The van der Waals surface area contributed by atoms with E-state index in [0.717, 1.165) is 11.7 Å². The van der Waals surface area contributed by atoms with Gasteiger partial charge in [0.05, 0.1) is 12.8 Å². The second-order valence-electron chi connectivity index (χ2n) is 4.18. The number of nitrogens with one attached hydrogen (secondary N) is 2. The van der Waals surface area contributed by atoms with E-state index in [-0.39, 0.29) is 0 Å². The zero-order valence-electron chi connectivity index (χ0n) is 10.4. The quantitative estimate of drug-likeness (QED) is 0.606. The summed E-state index contributed by atoms with van der Waals surface area (Å²) in [5.41, 5.74) is 0. The lowest BCUT2D eigenvalue weighted by molar-refractivity contribution is 0.473. The Labute approximate surface area is 97.1 Å². The highest BCUT2D eigenvalue weighted by Crippen LogP contribution is 2.00. The van der Waals surface area contributed by atoms with Crippen LogP contribution in [0.3, 0.4) is 0 Å². The number of hydrogen-bond acceptors (Lipinski definition) is 2. The van der Waals surface area contributed by atoms with Crippen molar-refractivity contribution in [2.45, 2.75) is 33.4 Å². The number of furan rings is 1. The minimum absolute atomic E-state index is 0.391. The first-order valence-corrected chi connectivity index (χ1v) is 5.63. The Balaban J connectivity index is 2.38. The van der Waals surface area contributed by atoms with Crippen molar-refractivity contribution in [2.75, 3.05) is 7.05 Å². The minimum atomic E-state index is 0.391. The molecule has 1 aromatic heterocycles. The molecule has 16 heavy (non-hydrogen) atoms. The minimum Gasteiger partial charge on any atom is -0.467 e. The van der Waals surface area contributed by atoms with Crippen molar-refractivity contribution < 1.29 is 4.42 Å². The van der Waals surface area contributed by atoms with E-state index in [4.69, 9.17) is 4.42 Å². The van der Waals surface area contributed by atoms with Crippen LogP contribution in [0.25, 0.3) is 0 Å². The fraction of sp³-hybridized carbons (Fsp3) is 0.583. The molecule has 1 aromatic rings. The summed E-state index contributed by atoms with van der Waals surface area (Å²) in [5, 5.41) is 6.53. The van der Waals surface area contributed by atoms with Gasteiger partial charge in [0.2, 0.25) is 0 Å². The molecular weight excluding hydrogens is 202 g/mol. The number of aliphatic imine (C=N–C) groups is 1. The van der Waals surface area contributed by atoms with Gasteiger partial charge in [-0.3, -0.25) is 4.99 Å². The highest BCUT2D eigenvalue weighted by molar-refractivity contribution is 5.79. The Bertz CT molecular complexity index is 317. The average molecular weight is 223 g/mol. The Morgan fingerprint density at radius 3 is 2.69 bits per heavy atom. The zero-order chi connectivity index (χ0) is 12.0. The van der Waals surface area contributed by atoms with Crippen LogP contribution in [0.15, 0.2) is 27.8 Å². The first-order valence-electron chi connectivity index (χ1n) is 5.63. The topological polar surface area (TPSA) is 49.6 Å². The van der Waals surface area contributed by atoms with Crippen molar-refractivity contribution in [3.63, 3.8) is 0 Å². The van der Waals surface area contributed by atoms with Crippen LogP contribution in [-0.2, 0) is 6.54 Å². The van der Waals surface area contributed by atoms with Gasteiger partial charge in [0.1, 0.15) is 5.76 Å². The van der Waals surface area contributed by atoms with E-state index in [1.54, 1.807) is 13.3 Å². The van der Waals surface area contributed by atoms with Gasteiger partial charge in [0, 0.05) is 13.1 Å². The summed E-state index contributed by atoms with van der Waals surface area (Å²) in [6.07, 6.45) is 1.67. The molecule has 4 heteroatoms. The molecule has 0 saturated heterocycles.